The van der Waals surface area contributed by atoms with Crippen LogP contribution in [0.4, 0.5) is 5.69 Å². The molecule has 4 aromatic carbocycles. The van der Waals surface area contributed by atoms with Crippen LogP contribution in [-0.2, 0) is 5.41 Å². The third kappa shape index (κ3) is 4.27. The van der Waals surface area contributed by atoms with E-state index in [1.807, 2.05) is 11.8 Å². The van der Waals surface area contributed by atoms with Gasteiger partial charge in [-0.05, 0) is 131 Å². The van der Waals surface area contributed by atoms with Crippen LogP contribution in [0.1, 0.15) is 99.8 Å². The quantitative estimate of drug-likeness (QED) is 0.231. The van der Waals surface area contributed by atoms with Crippen molar-refractivity contribution in [3.05, 3.63) is 89.0 Å². The van der Waals surface area contributed by atoms with Crippen LogP contribution in [-0.4, -0.2) is 14.1 Å². The number of hydrogen-bond donors (Lipinski definition) is 0. The van der Waals surface area contributed by atoms with Crippen LogP contribution in [0.3, 0.4) is 0 Å². The molecule has 3 aliphatic carbocycles. The van der Waals surface area contributed by atoms with E-state index >= 15 is 0 Å². The molecular formula is C39H45NS. The van der Waals surface area contributed by atoms with E-state index < -0.39 is 0 Å². The normalized spacial score (nSPS) is 18.8. The van der Waals surface area contributed by atoms with Gasteiger partial charge < -0.3 is 4.90 Å². The molecule has 1 spiro atoms. The van der Waals surface area contributed by atoms with Gasteiger partial charge >= 0.3 is 0 Å². The average molecular weight is 560 g/mol. The molecular weight excluding hydrogens is 515 g/mol. The second-order valence-electron chi connectivity index (χ2n) is 13.5. The molecule has 0 amide bonds. The van der Waals surface area contributed by atoms with Gasteiger partial charge in [-0.3, -0.25) is 0 Å². The molecule has 0 heterocycles. The summed E-state index contributed by atoms with van der Waals surface area (Å²) < 4.78 is 0. The lowest BCUT2D eigenvalue weighted by Gasteiger charge is -2.45. The van der Waals surface area contributed by atoms with Crippen molar-refractivity contribution >= 4 is 28.2 Å². The van der Waals surface area contributed by atoms with Crippen LogP contribution >= 0.6 is 11.8 Å². The summed E-state index contributed by atoms with van der Waals surface area (Å²) in [7, 11) is 4.25. The largest absolute Gasteiger partial charge is 0.378 e. The molecule has 0 aliphatic heterocycles. The number of aryl methyl sites for hydroxylation is 1. The van der Waals surface area contributed by atoms with E-state index in [1.165, 1.54) is 101 Å². The SMILES string of the molecule is CCC1(CC)CCC2(CC1)c1ccccc1-c1c2ccc2cc(C3CCC3)c(Sc3ccc(N(C)C)cc3C)cc12. The summed E-state index contributed by atoms with van der Waals surface area (Å²) in [5.41, 5.74) is 11.1. The van der Waals surface area contributed by atoms with Gasteiger partial charge in [0.05, 0.1) is 0 Å². The van der Waals surface area contributed by atoms with Gasteiger partial charge in [-0.2, -0.15) is 0 Å². The first-order valence-corrected chi connectivity index (χ1v) is 16.9. The number of fused-ring (bicyclic) bond motifs is 7. The van der Waals surface area contributed by atoms with Crippen LogP contribution in [0.5, 0.6) is 0 Å². The second-order valence-corrected chi connectivity index (χ2v) is 14.6. The van der Waals surface area contributed by atoms with Crippen molar-refractivity contribution in [1.29, 1.82) is 0 Å². The first kappa shape index (κ1) is 27.1. The van der Waals surface area contributed by atoms with Gasteiger partial charge in [-0.25, -0.2) is 0 Å². The zero-order chi connectivity index (χ0) is 28.4. The molecule has 0 N–H and O–H groups in total. The van der Waals surface area contributed by atoms with E-state index in [-0.39, 0.29) is 5.41 Å². The monoisotopic (exact) mass is 559 g/mol. The highest BCUT2D eigenvalue weighted by Gasteiger charge is 2.48. The molecule has 0 unspecified atom stereocenters. The van der Waals surface area contributed by atoms with Crippen molar-refractivity contribution in [3.8, 4) is 11.1 Å². The zero-order valence-electron chi connectivity index (χ0n) is 25.6. The fourth-order valence-corrected chi connectivity index (χ4v) is 9.41. The Bertz CT molecular complexity index is 1610. The molecule has 2 saturated carbocycles. The summed E-state index contributed by atoms with van der Waals surface area (Å²) in [5, 5.41) is 2.89. The molecule has 2 heteroatoms. The molecule has 7 rings (SSSR count). The standard InChI is InChI=1S/C39H45NS/c1-6-38(7-2)19-21-39(22-20-38)33-14-9-8-13-30(33)37-32-25-36(41-35-18-16-29(40(4)5)23-26(35)3)31(27-11-10-12-27)24-28(32)15-17-34(37)39/h8-9,13-18,23-25,27H,6-7,10-12,19-22H2,1-5H3. The molecule has 2 fully saturated rings. The highest BCUT2D eigenvalue weighted by Crippen LogP contribution is 2.61. The average Bonchev–Trinajstić information content (AvgIpc) is 3.24. The first-order valence-electron chi connectivity index (χ1n) is 16.0. The Kier molecular flexibility index (Phi) is 6.77. The van der Waals surface area contributed by atoms with E-state index in [0.717, 1.165) is 0 Å². The van der Waals surface area contributed by atoms with Crippen molar-refractivity contribution in [1.82, 2.24) is 0 Å². The molecule has 212 valence electrons. The summed E-state index contributed by atoms with van der Waals surface area (Å²) in [5.74, 6) is 0.699. The molecule has 0 bridgehead atoms. The van der Waals surface area contributed by atoms with Crippen LogP contribution in [0.15, 0.2) is 76.5 Å². The van der Waals surface area contributed by atoms with Crippen LogP contribution < -0.4 is 4.90 Å². The predicted molar refractivity (Wildman–Crippen MR) is 178 cm³/mol. The van der Waals surface area contributed by atoms with E-state index in [2.05, 4.69) is 106 Å². The van der Waals surface area contributed by atoms with Crippen molar-refractivity contribution in [3.63, 3.8) is 0 Å². The van der Waals surface area contributed by atoms with Crippen LogP contribution in [0.25, 0.3) is 21.9 Å². The minimum Gasteiger partial charge on any atom is -0.378 e. The van der Waals surface area contributed by atoms with Crippen molar-refractivity contribution < 1.29 is 0 Å². The number of rotatable bonds is 6. The Hall–Kier alpha value is -2.71. The molecule has 1 nitrogen and oxygen atoms in total. The smallest absolute Gasteiger partial charge is 0.0364 e. The number of anilines is 1. The zero-order valence-corrected chi connectivity index (χ0v) is 26.5. The summed E-state index contributed by atoms with van der Waals surface area (Å²) in [6, 6.07) is 26.5. The Balaban J connectivity index is 1.38. The molecule has 3 aliphatic rings. The summed E-state index contributed by atoms with van der Waals surface area (Å²) in [4.78, 5) is 5.04. The van der Waals surface area contributed by atoms with Crippen molar-refractivity contribution in [2.45, 2.75) is 99.7 Å². The second kappa shape index (κ2) is 10.2. The molecule has 41 heavy (non-hydrogen) atoms. The fourth-order valence-electron chi connectivity index (χ4n) is 8.30. The van der Waals surface area contributed by atoms with Gasteiger partial charge in [0.15, 0.2) is 0 Å². The Labute approximate surface area is 251 Å². The molecule has 0 saturated heterocycles. The maximum absolute atomic E-state index is 2.59. The van der Waals surface area contributed by atoms with Crippen molar-refractivity contribution in [2.24, 2.45) is 5.41 Å². The molecule has 0 atom stereocenters. The van der Waals surface area contributed by atoms with Crippen molar-refractivity contribution in [2.75, 3.05) is 19.0 Å². The van der Waals surface area contributed by atoms with E-state index in [1.54, 1.807) is 16.7 Å². The van der Waals surface area contributed by atoms with E-state index in [9.17, 15) is 0 Å². The third-order valence-corrected chi connectivity index (χ3v) is 12.7. The molecule has 4 aromatic rings. The Morgan fingerprint density at radius 3 is 2.22 bits per heavy atom. The summed E-state index contributed by atoms with van der Waals surface area (Å²) in [6.45, 7) is 7.10. The lowest BCUT2D eigenvalue weighted by atomic mass is 9.58. The topological polar surface area (TPSA) is 3.24 Å². The van der Waals surface area contributed by atoms with Gasteiger partial charge in [0.1, 0.15) is 0 Å². The van der Waals surface area contributed by atoms with E-state index in [0.29, 0.717) is 11.3 Å². The van der Waals surface area contributed by atoms with Gasteiger partial charge in [-0.1, -0.05) is 81.3 Å². The third-order valence-electron chi connectivity index (χ3n) is 11.5. The van der Waals surface area contributed by atoms with Crippen LogP contribution in [0.2, 0.25) is 0 Å². The molecule has 0 radical (unpaired) electrons. The van der Waals surface area contributed by atoms with Gasteiger partial charge in [0.25, 0.3) is 0 Å². The summed E-state index contributed by atoms with van der Waals surface area (Å²) >= 11 is 1.99. The van der Waals surface area contributed by atoms with Gasteiger partial charge in [0, 0.05) is 35.0 Å². The highest BCUT2D eigenvalue weighted by molar-refractivity contribution is 7.99. The highest BCUT2D eigenvalue weighted by atomic mass is 32.2. The van der Waals surface area contributed by atoms with Gasteiger partial charge in [0.2, 0.25) is 0 Å². The minimum atomic E-state index is 0.173. The van der Waals surface area contributed by atoms with Gasteiger partial charge in [-0.15, -0.1) is 0 Å². The predicted octanol–water partition coefficient (Wildman–Crippen LogP) is 11.3. The lowest BCUT2D eigenvalue weighted by molar-refractivity contribution is 0.133. The molecule has 0 aromatic heterocycles. The first-order chi connectivity index (χ1) is 19.9. The Morgan fingerprint density at radius 2 is 1.56 bits per heavy atom. The summed E-state index contributed by atoms with van der Waals surface area (Å²) in [6.07, 6.45) is 11.9. The fraction of sp³-hybridized carbons (Fsp3) is 0.436. The lowest BCUT2D eigenvalue weighted by Crippen LogP contribution is -2.36. The van der Waals surface area contributed by atoms with E-state index in [4.69, 9.17) is 0 Å². The Morgan fingerprint density at radius 1 is 0.805 bits per heavy atom. The van der Waals surface area contributed by atoms with Crippen LogP contribution in [0, 0.1) is 12.3 Å². The number of benzene rings is 4. The maximum atomic E-state index is 2.59. The number of nitrogens with zero attached hydrogens (tertiary/aromatic N) is 1. The minimum absolute atomic E-state index is 0.173. The number of hydrogen-bond acceptors (Lipinski definition) is 2. The maximum Gasteiger partial charge on any atom is 0.0364 e.